The lowest BCUT2D eigenvalue weighted by atomic mass is 9.98. The highest BCUT2D eigenvalue weighted by Gasteiger charge is 2.40. The maximum Gasteiger partial charge on any atom is 0.303 e. The zero-order valence-electron chi connectivity index (χ0n) is 15.3. The Morgan fingerprint density at radius 1 is 1.00 bits per heavy atom. The zero-order valence-corrected chi connectivity index (χ0v) is 15.3. The second-order valence-corrected chi connectivity index (χ2v) is 7.05. The summed E-state index contributed by atoms with van der Waals surface area (Å²) < 4.78 is 0. The van der Waals surface area contributed by atoms with Gasteiger partial charge >= 0.3 is 5.97 Å². The average molecular weight is 365 g/mol. The van der Waals surface area contributed by atoms with E-state index in [9.17, 15) is 14.4 Å². The summed E-state index contributed by atoms with van der Waals surface area (Å²) in [6.45, 7) is 1.82. The van der Waals surface area contributed by atoms with Crippen molar-refractivity contribution in [2.45, 2.75) is 38.6 Å². The SMILES string of the molecule is C[C@H]1C[C@H](Cc2ccc(-c3ccccc3)cc2)N(C(=O)CCC(=O)O)C1=O. The van der Waals surface area contributed by atoms with Crippen LogP contribution in [0, 0.1) is 5.92 Å². The maximum atomic E-state index is 12.4. The molecule has 0 saturated carbocycles. The predicted octanol–water partition coefficient (Wildman–Crippen LogP) is 3.52. The fraction of sp³-hybridized carbons (Fsp3) is 0.318. The van der Waals surface area contributed by atoms with E-state index in [1.54, 1.807) is 0 Å². The highest BCUT2D eigenvalue weighted by atomic mass is 16.4. The molecule has 1 fully saturated rings. The molecule has 3 rings (SSSR count). The van der Waals surface area contributed by atoms with Gasteiger partial charge in [0, 0.05) is 18.4 Å². The molecular weight excluding hydrogens is 342 g/mol. The molecule has 1 N–H and O–H groups in total. The summed E-state index contributed by atoms with van der Waals surface area (Å²) in [6.07, 6.45) is 0.800. The van der Waals surface area contributed by atoms with Gasteiger partial charge in [0.1, 0.15) is 0 Å². The number of carbonyl (C=O) groups is 3. The summed E-state index contributed by atoms with van der Waals surface area (Å²) in [7, 11) is 0. The first-order chi connectivity index (χ1) is 13.0. The number of imide groups is 1. The van der Waals surface area contributed by atoms with Gasteiger partial charge in [-0.05, 0) is 29.5 Å². The highest BCUT2D eigenvalue weighted by Crippen LogP contribution is 2.29. The smallest absolute Gasteiger partial charge is 0.303 e. The van der Waals surface area contributed by atoms with Crippen LogP contribution < -0.4 is 0 Å². The van der Waals surface area contributed by atoms with Gasteiger partial charge in [-0.1, -0.05) is 61.5 Å². The standard InChI is InChI=1S/C22H23NO4/c1-15-13-19(23(22(15)27)20(24)11-12-21(25)26)14-16-7-9-18(10-8-16)17-5-3-2-4-6-17/h2-10,15,19H,11-14H2,1H3,(H,25,26)/t15-,19+/m0/s1. The van der Waals surface area contributed by atoms with Crippen LogP contribution in [-0.2, 0) is 20.8 Å². The first-order valence-corrected chi connectivity index (χ1v) is 9.17. The summed E-state index contributed by atoms with van der Waals surface area (Å²) in [5.41, 5.74) is 3.31. The number of rotatable bonds is 6. The molecule has 2 aromatic carbocycles. The van der Waals surface area contributed by atoms with Crippen LogP contribution in [-0.4, -0.2) is 33.8 Å². The molecular formula is C22H23NO4. The zero-order chi connectivity index (χ0) is 19.4. The van der Waals surface area contributed by atoms with E-state index in [1.165, 1.54) is 4.90 Å². The normalized spacial score (nSPS) is 19.3. The lowest BCUT2D eigenvalue weighted by molar-refractivity contribution is -0.147. The van der Waals surface area contributed by atoms with E-state index >= 15 is 0 Å². The summed E-state index contributed by atoms with van der Waals surface area (Å²) in [4.78, 5) is 36.8. The van der Waals surface area contributed by atoms with E-state index in [-0.39, 0.29) is 30.7 Å². The summed E-state index contributed by atoms with van der Waals surface area (Å²) in [6, 6.07) is 18.0. The number of amides is 2. The number of carbonyl (C=O) groups excluding carboxylic acids is 2. The molecule has 1 heterocycles. The molecule has 5 nitrogen and oxygen atoms in total. The summed E-state index contributed by atoms with van der Waals surface area (Å²) in [5.74, 6) is -1.84. The number of likely N-dealkylation sites (tertiary alicyclic amines) is 1. The monoisotopic (exact) mass is 365 g/mol. The van der Waals surface area contributed by atoms with Crippen LogP contribution in [0.1, 0.15) is 31.7 Å². The van der Waals surface area contributed by atoms with Gasteiger partial charge in [-0.15, -0.1) is 0 Å². The Balaban J connectivity index is 1.72. The van der Waals surface area contributed by atoms with Crippen LogP contribution in [0.2, 0.25) is 0 Å². The van der Waals surface area contributed by atoms with Crippen molar-refractivity contribution in [2.24, 2.45) is 5.92 Å². The Bertz CT molecular complexity index is 829. The number of hydrogen-bond acceptors (Lipinski definition) is 3. The topological polar surface area (TPSA) is 74.7 Å². The van der Waals surface area contributed by atoms with E-state index in [2.05, 4.69) is 12.1 Å². The summed E-state index contributed by atoms with van der Waals surface area (Å²) >= 11 is 0. The number of carboxylic acids is 1. The largest absolute Gasteiger partial charge is 0.481 e. The molecule has 27 heavy (non-hydrogen) atoms. The Kier molecular flexibility index (Phi) is 5.69. The van der Waals surface area contributed by atoms with E-state index in [1.807, 2.05) is 49.4 Å². The van der Waals surface area contributed by atoms with Crippen molar-refractivity contribution in [2.75, 3.05) is 0 Å². The van der Waals surface area contributed by atoms with Crippen LogP contribution in [0.5, 0.6) is 0 Å². The minimum Gasteiger partial charge on any atom is -0.481 e. The first-order valence-electron chi connectivity index (χ1n) is 9.17. The van der Waals surface area contributed by atoms with E-state index in [0.29, 0.717) is 12.8 Å². The maximum absolute atomic E-state index is 12.4. The fourth-order valence-electron chi connectivity index (χ4n) is 3.60. The third-order valence-corrected chi connectivity index (χ3v) is 5.00. The lowest BCUT2D eigenvalue weighted by Gasteiger charge is -2.23. The van der Waals surface area contributed by atoms with Crippen molar-refractivity contribution in [3.05, 3.63) is 60.2 Å². The van der Waals surface area contributed by atoms with Crippen molar-refractivity contribution in [3.8, 4) is 11.1 Å². The molecule has 0 radical (unpaired) electrons. The molecule has 0 bridgehead atoms. The van der Waals surface area contributed by atoms with Crippen molar-refractivity contribution in [3.63, 3.8) is 0 Å². The number of nitrogens with zero attached hydrogens (tertiary/aromatic N) is 1. The van der Waals surface area contributed by atoms with Gasteiger partial charge in [-0.3, -0.25) is 19.3 Å². The van der Waals surface area contributed by atoms with Gasteiger partial charge in [0.2, 0.25) is 11.8 Å². The third kappa shape index (κ3) is 4.42. The van der Waals surface area contributed by atoms with Crippen LogP contribution in [0.3, 0.4) is 0 Å². The highest BCUT2D eigenvalue weighted by molar-refractivity contribution is 5.99. The van der Waals surface area contributed by atoms with Gasteiger partial charge in [0.15, 0.2) is 0 Å². The Hall–Kier alpha value is -2.95. The first kappa shape index (κ1) is 18.8. The number of hydrogen-bond donors (Lipinski definition) is 1. The lowest BCUT2D eigenvalue weighted by Crippen LogP contribution is -2.40. The van der Waals surface area contributed by atoms with Crippen molar-refractivity contribution < 1.29 is 19.5 Å². The molecule has 2 atom stereocenters. The minimum atomic E-state index is -1.03. The molecule has 0 aromatic heterocycles. The Morgan fingerprint density at radius 2 is 1.63 bits per heavy atom. The molecule has 2 aromatic rings. The Labute approximate surface area is 158 Å². The molecule has 0 unspecified atom stereocenters. The van der Waals surface area contributed by atoms with E-state index in [4.69, 9.17) is 5.11 Å². The van der Waals surface area contributed by atoms with Gasteiger partial charge in [-0.25, -0.2) is 0 Å². The van der Waals surface area contributed by atoms with Crippen LogP contribution in [0.4, 0.5) is 0 Å². The molecule has 140 valence electrons. The third-order valence-electron chi connectivity index (χ3n) is 5.00. The van der Waals surface area contributed by atoms with Crippen molar-refractivity contribution in [1.82, 2.24) is 4.90 Å². The average Bonchev–Trinajstić information content (AvgIpc) is 2.94. The number of benzene rings is 2. The van der Waals surface area contributed by atoms with Gasteiger partial charge < -0.3 is 5.11 Å². The molecule has 1 aliphatic rings. The second kappa shape index (κ2) is 8.16. The van der Waals surface area contributed by atoms with E-state index < -0.39 is 11.9 Å². The molecule has 1 saturated heterocycles. The van der Waals surface area contributed by atoms with Crippen molar-refractivity contribution >= 4 is 17.8 Å². The fourth-order valence-corrected chi connectivity index (χ4v) is 3.60. The Morgan fingerprint density at radius 3 is 2.26 bits per heavy atom. The van der Waals surface area contributed by atoms with Gasteiger partial charge in [-0.2, -0.15) is 0 Å². The van der Waals surface area contributed by atoms with Crippen LogP contribution >= 0.6 is 0 Å². The molecule has 2 amide bonds. The molecule has 0 spiro atoms. The van der Waals surface area contributed by atoms with Crippen molar-refractivity contribution in [1.29, 1.82) is 0 Å². The number of carboxylic acid groups (broad SMARTS) is 1. The predicted molar refractivity (Wildman–Crippen MR) is 102 cm³/mol. The second-order valence-electron chi connectivity index (χ2n) is 7.05. The number of aliphatic carboxylic acids is 1. The van der Waals surface area contributed by atoms with Gasteiger partial charge in [0.05, 0.1) is 6.42 Å². The molecule has 5 heteroatoms. The summed E-state index contributed by atoms with van der Waals surface area (Å²) in [5, 5.41) is 8.79. The van der Waals surface area contributed by atoms with Gasteiger partial charge in [0.25, 0.3) is 0 Å². The molecule has 1 aliphatic heterocycles. The van der Waals surface area contributed by atoms with Crippen LogP contribution in [0.15, 0.2) is 54.6 Å². The molecule has 0 aliphatic carbocycles. The quantitative estimate of drug-likeness (QED) is 0.850. The minimum absolute atomic E-state index is 0.142. The van der Waals surface area contributed by atoms with Crippen LogP contribution in [0.25, 0.3) is 11.1 Å². The van der Waals surface area contributed by atoms with E-state index in [0.717, 1.165) is 16.7 Å².